The van der Waals surface area contributed by atoms with E-state index in [1.807, 2.05) is 0 Å². The summed E-state index contributed by atoms with van der Waals surface area (Å²) in [6.07, 6.45) is -17.1. The third kappa shape index (κ3) is 6.01. The van der Waals surface area contributed by atoms with Gasteiger partial charge in [-0.15, -0.1) is 0 Å². The first kappa shape index (κ1) is 22.8. The van der Waals surface area contributed by atoms with E-state index in [1.165, 1.54) is 0 Å². The van der Waals surface area contributed by atoms with Gasteiger partial charge in [-0.05, 0) is 0 Å². The van der Waals surface area contributed by atoms with E-state index in [2.05, 4.69) is 4.74 Å². The van der Waals surface area contributed by atoms with Crippen molar-refractivity contribution in [1.29, 1.82) is 0 Å². The fraction of sp³-hybridized carbons (Fsp3) is 0.833. The van der Waals surface area contributed by atoms with Gasteiger partial charge in [-0.3, -0.25) is 4.79 Å². The van der Waals surface area contributed by atoms with Crippen LogP contribution in [-0.4, -0.2) is 120 Å². The summed E-state index contributed by atoms with van der Waals surface area (Å²) in [6.45, 7) is -1.95. The smallest absolute Gasteiger partial charge is 0.338 e. The fourth-order valence-corrected chi connectivity index (χ4v) is 1.57. The summed E-state index contributed by atoms with van der Waals surface area (Å²) >= 11 is 0. The molecule has 0 unspecified atom stereocenters. The van der Waals surface area contributed by atoms with Crippen molar-refractivity contribution in [2.24, 2.45) is 0 Å². The second kappa shape index (κ2) is 10.6. The van der Waals surface area contributed by atoms with Crippen LogP contribution in [0.25, 0.3) is 0 Å². The number of aliphatic hydroxyl groups excluding tert-OH is 9. The minimum Gasteiger partial charge on any atom is -0.450 e. The van der Waals surface area contributed by atoms with Crippen LogP contribution in [0.1, 0.15) is 0 Å². The number of rotatable bonds is 11. The van der Waals surface area contributed by atoms with Gasteiger partial charge in [-0.1, -0.05) is 0 Å². The molecular formula is C12H22O12. The van der Waals surface area contributed by atoms with Crippen LogP contribution in [0, 0.1) is 0 Å². The lowest BCUT2D eigenvalue weighted by Gasteiger charge is -2.28. The molecule has 0 fully saturated rings. The van der Waals surface area contributed by atoms with Crippen molar-refractivity contribution >= 4 is 12.3 Å². The first-order valence-electron chi connectivity index (χ1n) is 6.76. The molecule has 0 aromatic carbocycles. The van der Waals surface area contributed by atoms with Crippen LogP contribution in [-0.2, 0) is 14.3 Å². The lowest BCUT2D eigenvalue weighted by molar-refractivity contribution is -0.186. The van der Waals surface area contributed by atoms with Crippen LogP contribution in [0.5, 0.6) is 0 Å². The number of esters is 1. The molecule has 9 N–H and O–H groups in total. The molecule has 0 radical (unpaired) electrons. The number of hydrogen-bond acceptors (Lipinski definition) is 12. The highest BCUT2D eigenvalue weighted by atomic mass is 16.6. The van der Waals surface area contributed by atoms with Gasteiger partial charge in [0.25, 0.3) is 0 Å². The number of carbonyl (C=O) groups is 2. The van der Waals surface area contributed by atoms with E-state index in [-0.39, 0.29) is 6.29 Å². The van der Waals surface area contributed by atoms with Gasteiger partial charge in [-0.2, -0.15) is 0 Å². The molecule has 142 valence electrons. The van der Waals surface area contributed by atoms with Crippen molar-refractivity contribution in [3.05, 3.63) is 0 Å². The monoisotopic (exact) mass is 358 g/mol. The van der Waals surface area contributed by atoms with Gasteiger partial charge < -0.3 is 50.7 Å². The Hall–Kier alpha value is -1.22. The molecule has 24 heavy (non-hydrogen) atoms. The SMILES string of the molecule is O=C[C@H](OC(=O)[C@H](O)[C@@H](O)[C@H](O)[C@H](O)CO)[C@@H](O)[C@H](O)[C@H](O)CO. The molecule has 0 aliphatic heterocycles. The molecule has 0 heterocycles. The molecule has 0 aliphatic rings. The number of ether oxygens (including phenoxy) is 1. The Morgan fingerprint density at radius 2 is 1.21 bits per heavy atom. The molecule has 0 rings (SSSR count). The van der Waals surface area contributed by atoms with Crippen LogP contribution >= 0.6 is 0 Å². The maximum Gasteiger partial charge on any atom is 0.338 e. The summed E-state index contributed by atoms with van der Waals surface area (Å²) in [5.74, 6) is -1.70. The average Bonchev–Trinajstić information content (AvgIpc) is 2.60. The fourth-order valence-electron chi connectivity index (χ4n) is 1.57. The molecule has 0 saturated heterocycles. The lowest BCUT2D eigenvalue weighted by Crippen LogP contribution is -2.52. The van der Waals surface area contributed by atoms with E-state index in [1.54, 1.807) is 0 Å². The summed E-state index contributed by atoms with van der Waals surface area (Å²) in [5.41, 5.74) is 0. The Kier molecular flexibility index (Phi) is 10.1. The molecule has 12 heteroatoms. The van der Waals surface area contributed by atoms with E-state index in [0.29, 0.717) is 0 Å². The van der Waals surface area contributed by atoms with Gasteiger partial charge in [-0.25, -0.2) is 4.79 Å². The maximum atomic E-state index is 11.6. The molecule has 0 spiro atoms. The Labute approximate surface area is 135 Å². The highest BCUT2D eigenvalue weighted by Gasteiger charge is 2.39. The van der Waals surface area contributed by atoms with Crippen molar-refractivity contribution in [2.45, 2.75) is 48.8 Å². The standard InChI is InChI=1S/C12H22O12/c13-1-4(16)7(18)9(20)6(3-15)24-12(23)11(22)10(21)8(19)5(17)2-14/h3-11,13-14,16-22H,1-2H2/t4-,5-,6+,7-,8-,9-,10+,11-/m1/s1. The van der Waals surface area contributed by atoms with E-state index >= 15 is 0 Å². The lowest BCUT2D eigenvalue weighted by atomic mass is 10.0. The summed E-state index contributed by atoms with van der Waals surface area (Å²) < 4.78 is 4.35. The zero-order chi connectivity index (χ0) is 19.0. The Bertz CT molecular complexity index is 390. The first-order valence-corrected chi connectivity index (χ1v) is 6.76. The second-order valence-corrected chi connectivity index (χ2v) is 4.94. The zero-order valence-corrected chi connectivity index (χ0v) is 12.4. The molecule has 8 atom stereocenters. The predicted molar refractivity (Wildman–Crippen MR) is 72.2 cm³/mol. The maximum absolute atomic E-state index is 11.6. The Morgan fingerprint density at radius 3 is 1.58 bits per heavy atom. The molecule has 0 amide bonds. The third-order valence-electron chi connectivity index (χ3n) is 3.15. The van der Waals surface area contributed by atoms with Crippen LogP contribution in [0.2, 0.25) is 0 Å². The van der Waals surface area contributed by atoms with Crippen LogP contribution < -0.4 is 0 Å². The molecule has 0 aromatic heterocycles. The second-order valence-electron chi connectivity index (χ2n) is 4.94. The molecule has 12 nitrogen and oxygen atoms in total. The Morgan fingerprint density at radius 1 is 0.792 bits per heavy atom. The number of aliphatic hydroxyl groups is 9. The Balaban J connectivity index is 4.89. The quantitative estimate of drug-likeness (QED) is 0.124. The zero-order valence-electron chi connectivity index (χ0n) is 12.4. The molecular weight excluding hydrogens is 336 g/mol. The normalized spacial score (nSPS) is 21.7. The van der Waals surface area contributed by atoms with Crippen LogP contribution in [0.4, 0.5) is 0 Å². The van der Waals surface area contributed by atoms with Crippen molar-refractivity contribution in [1.82, 2.24) is 0 Å². The summed E-state index contributed by atoms with van der Waals surface area (Å²) in [6, 6.07) is 0. The van der Waals surface area contributed by atoms with E-state index < -0.39 is 68.0 Å². The molecule has 0 saturated carbocycles. The summed E-state index contributed by atoms with van der Waals surface area (Å²) in [4.78, 5) is 22.4. The summed E-state index contributed by atoms with van der Waals surface area (Å²) in [7, 11) is 0. The average molecular weight is 358 g/mol. The summed E-state index contributed by atoms with van der Waals surface area (Å²) in [5, 5.41) is 82.8. The molecule has 0 aromatic rings. The van der Waals surface area contributed by atoms with Gasteiger partial charge in [0.2, 0.25) is 0 Å². The molecule has 0 aliphatic carbocycles. The van der Waals surface area contributed by atoms with Crippen molar-refractivity contribution in [3.63, 3.8) is 0 Å². The minimum atomic E-state index is -2.46. The van der Waals surface area contributed by atoms with Crippen molar-refractivity contribution in [2.75, 3.05) is 13.2 Å². The number of carbonyl (C=O) groups excluding carboxylic acids is 2. The number of hydrogen-bond donors (Lipinski definition) is 9. The van der Waals surface area contributed by atoms with E-state index in [4.69, 9.17) is 20.4 Å². The first-order chi connectivity index (χ1) is 11.1. The topological polar surface area (TPSA) is 225 Å². The third-order valence-corrected chi connectivity index (χ3v) is 3.15. The highest BCUT2D eigenvalue weighted by Crippen LogP contribution is 2.11. The highest BCUT2D eigenvalue weighted by molar-refractivity contribution is 5.77. The molecule has 0 bridgehead atoms. The van der Waals surface area contributed by atoms with Crippen molar-refractivity contribution < 1.29 is 60.3 Å². The van der Waals surface area contributed by atoms with Gasteiger partial charge >= 0.3 is 5.97 Å². The largest absolute Gasteiger partial charge is 0.450 e. The van der Waals surface area contributed by atoms with Gasteiger partial charge in [0.15, 0.2) is 18.5 Å². The predicted octanol–water partition coefficient (Wildman–Crippen LogP) is -6.39. The van der Waals surface area contributed by atoms with E-state index in [0.717, 1.165) is 0 Å². The van der Waals surface area contributed by atoms with Gasteiger partial charge in [0.1, 0.15) is 36.6 Å². The minimum absolute atomic E-state index is 0.145. The van der Waals surface area contributed by atoms with Gasteiger partial charge in [0, 0.05) is 0 Å². The van der Waals surface area contributed by atoms with Crippen LogP contribution in [0.15, 0.2) is 0 Å². The van der Waals surface area contributed by atoms with Crippen molar-refractivity contribution in [3.8, 4) is 0 Å². The van der Waals surface area contributed by atoms with Crippen LogP contribution in [0.3, 0.4) is 0 Å². The van der Waals surface area contributed by atoms with Gasteiger partial charge in [0.05, 0.1) is 13.2 Å². The van der Waals surface area contributed by atoms with E-state index in [9.17, 15) is 35.1 Å². The number of aldehydes is 1.